The molecule has 2 saturated heterocycles. The lowest BCUT2D eigenvalue weighted by atomic mass is 9.77. The fourth-order valence-electron chi connectivity index (χ4n) is 4.36. The van der Waals surface area contributed by atoms with Crippen LogP contribution in [-0.4, -0.2) is 37.0 Å². The second-order valence-corrected chi connectivity index (χ2v) is 7.64. The Bertz CT molecular complexity index is 337. The fourth-order valence-corrected chi connectivity index (χ4v) is 4.36. The Morgan fingerprint density at radius 2 is 1.81 bits per heavy atom. The van der Waals surface area contributed by atoms with Crippen molar-refractivity contribution in [3.05, 3.63) is 0 Å². The van der Waals surface area contributed by atoms with Gasteiger partial charge in [0.2, 0.25) is 5.91 Å². The van der Waals surface area contributed by atoms with E-state index in [1.54, 1.807) is 0 Å². The van der Waals surface area contributed by atoms with Crippen LogP contribution in [0.4, 0.5) is 0 Å². The Hall–Kier alpha value is -0.280. The van der Waals surface area contributed by atoms with Crippen LogP contribution in [0.5, 0.6) is 0 Å². The Kier molecular flexibility index (Phi) is 5.96. The molecule has 0 aromatic carbocycles. The maximum Gasteiger partial charge on any atom is 0.222 e. The molecule has 0 unspecified atom stereocenters. The van der Waals surface area contributed by atoms with Gasteiger partial charge in [-0.05, 0) is 55.9 Å². The highest BCUT2D eigenvalue weighted by Gasteiger charge is 2.38. The standard InChI is InChI=1S/C17H30N2O.ClH/c1-14-2-4-15(5-3-14)12-16(20)19-10-7-17(8-11-19)6-9-18-13-17;/h14-15,18H,2-13H2,1H3;1H. The van der Waals surface area contributed by atoms with Crippen LogP contribution in [0.2, 0.25) is 0 Å². The molecule has 21 heavy (non-hydrogen) atoms. The van der Waals surface area contributed by atoms with Crippen LogP contribution in [0.1, 0.15) is 58.3 Å². The zero-order valence-electron chi connectivity index (χ0n) is 13.4. The molecule has 1 amide bonds. The zero-order chi connectivity index (χ0) is 14.0. The summed E-state index contributed by atoms with van der Waals surface area (Å²) in [7, 11) is 0. The number of amides is 1. The Morgan fingerprint density at radius 3 is 2.38 bits per heavy atom. The van der Waals surface area contributed by atoms with Gasteiger partial charge in [-0.1, -0.05) is 19.8 Å². The van der Waals surface area contributed by atoms with Gasteiger partial charge in [0.25, 0.3) is 0 Å². The molecule has 3 aliphatic rings. The number of carbonyl (C=O) groups is 1. The molecule has 4 heteroatoms. The molecule has 3 fully saturated rings. The Labute approximate surface area is 135 Å². The van der Waals surface area contributed by atoms with Crippen molar-refractivity contribution in [2.45, 2.75) is 58.3 Å². The van der Waals surface area contributed by atoms with E-state index >= 15 is 0 Å². The number of hydrogen-bond acceptors (Lipinski definition) is 2. The molecule has 122 valence electrons. The number of halogens is 1. The van der Waals surface area contributed by atoms with Crippen molar-refractivity contribution >= 4 is 18.3 Å². The first kappa shape index (κ1) is 17.1. The minimum Gasteiger partial charge on any atom is -0.343 e. The normalized spacial score (nSPS) is 32.0. The van der Waals surface area contributed by atoms with Gasteiger partial charge in [0.15, 0.2) is 0 Å². The average molecular weight is 315 g/mol. The summed E-state index contributed by atoms with van der Waals surface area (Å²) >= 11 is 0. The minimum atomic E-state index is 0. The Morgan fingerprint density at radius 1 is 1.14 bits per heavy atom. The van der Waals surface area contributed by atoms with Crippen molar-refractivity contribution in [3.63, 3.8) is 0 Å². The summed E-state index contributed by atoms with van der Waals surface area (Å²) in [6, 6.07) is 0. The predicted molar refractivity (Wildman–Crippen MR) is 88.7 cm³/mol. The van der Waals surface area contributed by atoms with Crippen LogP contribution in [-0.2, 0) is 4.79 Å². The molecule has 1 aliphatic carbocycles. The molecule has 0 aromatic heterocycles. The van der Waals surface area contributed by atoms with Gasteiger partial charge >= 0.3 is 0 Å². The van der Waals surface area contributed by atoms with E-state index < -0.39 is 0 Å². The summed E-state index contributed by atoms with van der Waals surface area (Å²) in [5, 5.41) is 3.49. The van der Waals surface area contributed by atoms with Gasteiger partial charge in [0, 0.05) is 26.1 Å². The number of nitrogens with one attached hydrogen (secondary N) is 1. The highest BCUT2D eigenvalue weighted by Crippen LogP contribution is 2.37. The third-order valence-electron chi connectivity index (χ3n) is 6.11. The molecule has 3 nitrogen and oxygen atoms in total. The van der Waals surface area contributed by atoms with Crippen molar-refractivity contribution in [1.29, 1.82) is 0 Å². The molecule has 2 heterocycles. The second kappa shape index (κ2) is 7.32. The van der Waals surface area contributed by atoms with Crippen LogP contribution in [0, 0.1) is 17.3 Å². The predicted octanol–water partition coefficient (Wildman–Crippen LogP) is 3.23. The lowest BCUT2D eigenvalue weighted by Gasteiger charge is -2.39. The van der Waals surface area contributed by atoms with E-state index in [0.29, 0.717) is 17.2 Å². The Balaban J connectivity index is 0.00000161. The van der Waals surface area contributed by atoms with E-state index in [1.165, 1.54) is 58.0 Å². The van der Waals surface area contributed by atoms with Gasteiger partial charge in [-0.15, -0.1) is 12.4 Å². The van der Waals surface area contributed by atoms with Gasteiger partial charge in [-0.25, -0.2) is 0 Å². The fraction of sp³-hybridized carbons (Fsp3) is 0.941. The quantitative estimate of drug-likeness (QED) is 0.848. The molecule has 2 aliphatic heterocycles. The third kappa shape index (κ3) is 4.13. The van der Waals surface area contributed by atoms with E-state index in [-0.39, 0.29) is 12.4 Å². The molecule has 0 atom stereocenters. The lowest BCUT2D eigenvalue weighted by molar-refractivity contribution is -0.134. The van der Waals surface area contributed by atoms with E-state index in [0.717, 1.165) is 25.4 Å². The first-order valence-electron chi connectivity index (χ1n) is 8.65. The first-order chi connectivity index (χ1) is 9.67. The number of rotatable bonds is 2. The lowest BCUT2D eigenvalue weighted by Crippen LogP contribution is -2.44. The van der Waals surface area contributed by atoms with Crippen molar-refractivity contribution in [2.75, 3.05) is 26.2 Å². The molecule has 1 N–H and O–H groups in total. The summed E-state index contributed by atoms with van der Waals surface area (Å²) in [5.41, 5.74) is 0.525. The van der Waals surface area contributed by atoms with E-state index in [1.807, 2.05) is 0 Å². The summed E-state index contributed by atoms with van der Waals surface area (Å²) in [6.45, 7) is 6.70. The maximum atomic E-state index is 12.5. The van der Waals surface area contributed by atoms with Crippen molar-refractivity contribution in [3.8, 4) is 0 Å². The number of nitrogens with zero attached hydrogens (tertiary/aromatic N) is 1. The maximum absolute atomic E-state index is 12.5. The van der Waals surface area contributed by atoms with E-state index in [2.05, 4.69) is 17.1 Å². The van der Waals surface area contributed by atoms with Gasteiger partial charge in [0.05, 0.1) is 0 Å². The van der Waals surface area contributed by atoms with Crippen LogP contribution >= 0.6 is 12.4 Å². The smallest absolute Gasteiger partial charge is 0.222 e. The van der Waals surface area contributed by atoms with Crippen LogP contribution in [0.25, 0.3) is 0 Å². The number of hydrogen-bond donors (Lipinski definition) is 1. The number of carbonyl (C=O) groups excluding carboxylic acids is 1. The number of piperidine rings is 1. The zero-order valence-corrected chi connectivity index (χ0v) is 14.2. The highest BCUT2D eigenvalue weighted by molar-refractivity contribution is 5.85. The molecule has 1 spiro atoms. The molecule has 0 bridgehead atoms. The van der Waals surface area contributed by atoms with Gasteiger partial charge < -0.3 is 10.2 Å². The summed E-state index contributed by atoms with van der Waals surface area (Å²) in [4.78, 5) is 14.6. The van der Waals surface area contributed by atoms with Crippen LogP contribution in [0.3, 0.4) is 0 Å². The third-order valence-corrected chi connectivity index (χ3v) is 6.11. The van der Waals surface area contributed by atoms with Crippen molar-refractivity contribution in [1.82, 2.24) is 10.2 Å². The molecular formula is C17H31ClN2O. The second-order valence-electron chi connectivity index (χ2n) is 7.64. The number of likely N-dealkylation sites (tertiary alicyclic amines) is 1. The van der Waals surface area contributed by atoms with Gasteiger partial charge in [-0.3, -0.25) is 4.79 Å². The van der Waals surface area contributed by atoms with Crippen LogP contribution < -0.4 is 5.32 Å². The largest absolute Gasteiger partial charge is 0.343 e. The monoisotopic (exact) mass is 314 g/mol. The van der Waals surface area contributed by atoms with Crippen LogP contribution in [0.15, 0.2) is 0 Å². The summed E-state index contributed by atoms with van der Waals surface area (Å²) < 4.78 is 0. The minimum absolute atomic E-state index is 0. The summed E-state index contributed by atoms with van der Waals surface area (Å²) in [6.07, 6.45) is 9.76. The highest BCUT2D eigenvalue weighted by atomic mass is 35.5. The van der Waals surface area contributed by atoms with E-state index in [9.17, 15) is 4.79 Å². The average Bonchev–Trinajstić information content (AvgIpc) is 2.90. The van der Waals surface area contributed by atoms with E-state index in [4.69, 9.17) is 0 Å². The van der Waals surface area contributed by atoms with Crippen molar-refractivity contribution in [2.24, 2.45) is 17.3 Å². The first-order valence-corrected chi connectivity index (χ1v) is 8.65. The topological polar surface area (TPSA) is 32.3 Å². The molecule has 3 rings (SSSR count). The molecule has 0 aromatic rings. The van der Waals surface area contributed by atoms with Gasteiger partial charge in [0.1, 0.15) is 0 Å². The molecule has 1 saturated carbocycles. The molecule has 0 radical (unpaired) electrons. The van der Waals surface area contributed by atoms with Crippen molar-refractivity contribution < 1.29 is 4.79 Å². The SMILES string of the molecule is CC1CCC(CC(=O)N2CCC3(CCNC3)CC2)CC1.Cl. The molecular weight excluding hydrogens is 284 g/mol. The van der Waals surface area contributed by atoms with Gasteiger partial charge in [-0.2, -0.15) is 0 Å². The summed E-state index contributed by atoms with van der Waals surface area (Å²) in [5.74, 6) is 1.99.